The first-order valence-electron chi connectivity index (χ1n) is 42.3. The van der Waals surface area contributed by atoms with Gasteiger partial charge in [0.1, 0.15) is 0 Å². The number of carbonyl (C=O) groups is 6. The number of aliphatic hydroxyl groups is 2. The summed E-state index contributed by atoms with van der Waals surface area (Å²) in [5.74, 6) is -6.50. The van der Waals surface area contributed by atoms with Crippen molar-refractivity contribution in [3.63, 3.8) is 0 Å². The van der Waals surface area contributed by atoms with Crippen molar-refractivity contribution in [3.8, 4) is 0 Å². The first-order valence-corrected chi connectivity index (χ1v) is 42.3. The van der Waals surface area contributed by atoms with E-state index in [1.54, 1.807) is 29.4 Å². The van der Waals surface area contributed by atoms with Gasteiger partial charge in [-0.05, 0) is 22.3 Å². The highest BCUT2D eigenvalue weighted by molar-refractivity contribution is 5.71. The van der Waals surface area contributed by atoms with E-state index in [-0.39, 0.29) is 263 Å². The van der Waals surface area contributed by atoms with E-state index in [0.717, 1.165) is 22.3 Å². The molecular formula is C86H136N10O26. The van der Waals surface area contributed by atoms with Crippen molar-refractivity contribution in [2.24, 2.45) is 0 Å². The lowest BCUT2D eigenvalue weighted by Gasteiger charge is -2.39. The Balaban J connectivity index is 1.35. The zero-order valence-electron chi connectivity index (χ0n) is 71.0. The summed E-state index contributed by atoms with van der Waals surface area (Å²) in [6.07, 6.45) is -2.31. The number of rotatable bonds is 65. The molecule has 36 heteroatoms. The van der Waals surface area contributed by atoms with Gasteiger partial charge in [-0.15, -0.1) is 0 Å². The average molecular weight is 1730 g/mol. The quantitative estimate of drug-likeness (QED) is 0.0286. The Hall–Kier alpha value is -7.26. The second-order valence-electron chi connectivity index (χ2n) is 30.1. The maximum absolute atomic E-state index is 12.8. The number of ether oxygens (including phenoxy) is 12. The van der Waals surface area contributed by atoms with Gasteiger partial charge in [0, 0.05) is 144 Å². The number of nitrogens with zero attached hydrogens (tertiary/aromatic N) is 10. The molecule has 4 aromatic carbocycles. The molecule has 8 N–H and O–H groups in total. The van der Waals surface area contributed by atoms with E-state index in [0.29, 0.717) is 79.3 Å². The van der Waals surface area contributed by atoms with Crippen LogP contribution in [0.2, 0.25) is 0 Å². The van der Waals surface area contributed by atoms with E-state index in [9.17, 15) is 69.6 Å². The minimum absolute atomic E-state index is 0.0192. The fraction of sp³-hybridized carbons (Fsp3) is 0.651. The van der Waals surface area contributed by atoms with Crippen LogP contribution in [0.25, 0.3) is 0 Å². The number of carboxylic acids is 6. The fourth-order valence-electron chi connectivity index (χ4n) is 13.8. The van der Waals surface area contributed by atoms with Crippen molar-refractivity contribution in [3.05, 3.63) is 144 Å². The fourth-order valence-corrected chi connectivity index (χ4v) is 13.8. The van der Waals surface area contributed by atoms with Gasteiger partial charge in [0.05, 0.1) is 222 Å². The number of β-amino-alcohol motifs (C(OH)–C–C–N with tert-alkyl or cyclic N) is 2. The minimum atomic E-state index is -1.15. The highest BCUT2D eigenvalue weighted by Gasteiger charge is 2.31. The van der Waals surface area contributed by atoms with Crippen molar-refractivity contribution in [1.29, 1.82) is 0 Å². The Labute approximate surface area is 718 Å². The Kier molecular flexibility index (Phi) is 55.5. The second kappa shape index (κ2) is 65.3. The smallest absolute Gasteiger partial charge is 0.317 e. The monoisotopic (exact) mass is 1720 g/mol. The van der Waals surface area contributed by atoms with Gasteiger partial charge in [-0.2, -0.15) is 0 Å². The molecule has 0 saturated carbocycles. The van der Waals surface area contributed by atoms with Crippen LogP contribution >= 0.6 is 0 Å². The van der Waals surface area contributed by atoms with E-state index in [2.05, 4.69) is 9.80 Å². The molecule has 4 aromatic rings. The van der Waals surface area contributed by atoms with Gasteiger partial charge in [0.2, 0.25) is 0 Å². The Bertz CT molecular complexity index is 2970. The number of hydrogen-bond acceptors (Lipinski definition) is 30. The standard InChI is InChI=1S/C86H136N10O26/c97-79(55-87-21-25-89(59-81(99)100)29-33-93(63-85(107)108)34-30-90(26-22-87)60-82(101)102)57-95(77(69-119-51-43-111-39-47-115-65-73-13-5-1-6-14-73)70-120-52-44-112-40-48-116-66-74-15-7-2-8-16-74)37-38-96(58-80(98)56-88-23-27-91(61-83(103)104)31-35-94(64-86(109)110)36-32-92(28-24-88)62-84(105)106)78(71-121-53-45-113-41-49-117-67-75-17-9-3-10-18-75)72-122-54-46-114-42-50-118-68-76-19-11-4-12-20-76/h1-20,77-80,97-98H,21-72H2,(H,99,100)(H,101,102)(H,103,104)(H,105,106)(H,107,108)(H,109,110). The summed E-state index contributed by atoms with van der Waals surface area (Å²) in [7, 11) is 0. The van der Waals surface area contributed by atoms with Crippen LogP contribution in [0, 0.1) is 0 Å². The number of carboxylic acid groups (broad SMARTS) is 6. The summed E-state index contributed by atoms with van der Waals surface area (Å²) in [5, 5.41) is 85.8. The van der Waals surface area contributed by atoms with Gasteiger partial charge in [-0.1, -0.05) is 121 Å². The summed E-state index contributed by atoms with van der Waals surface area (Å²) >= 11 is 0. The number of benzene rings is 4. The maximum Gasteiger partial charge on any atom is 0.317 e. The SMILES string of the molecule is O=C(O)CN1CCN(CC(=O)O)CCN(CC(O)CN(CCN(CC(O)CN2CCN(CC(=O)O)CCN(CC(=O)O)CCN(CC(=O)O)CC2)C(COCCOCCOCc2ccccc2)COCCOCCOCc2ccccc2)C(COCCOCCOCc2ccccc2)COCCOCCOCc2ccccc2)CCN(CC(=O)O)CC1. The van der Waals surface area contributed by atoms with Gasteiger partial charge >= 0.3 is 35.8 Å². The topological polar surface area (TPSA) is 407 Å². The normalized spacial score (nSPS) is 16.2. The predicted molar refractivity (Wildman–Crippen MR) is 451 cm³/mol. The van der Waals surface area contributed by atoms with Crippen molar-refractivity contribution in [2.75, 3.05) is 315 Å². The number of hydrogen-bond donors (Lipinski definition) is 8. The van der Waals surface area contributed by atoms with Crippen molar-refractivity contribution < 1.29 is 126 Å². The van der Waals surface area contributed by atoms with E-state index in [1.807, 2.05) is 131 Å². The summed E-state index contributed by atoms with van der Waals surface area (Å²) in [6, 6.07) is 38.0. The van der Waals surface area contributed by atoms with Crippen LogP contribution in [-0.2, 0) is 112 Å². The summed E-state index contributed by atoms with van der Waals surface area (Å²) < 4.78 is 73.6. The summed E-state index contributed by atoms with van der Waals surface area (Å²) in [4.78, 5) is 91.8. The van der Waals surface area contributed by atoms with E-state index < -0.39 is 60.1 Å². The molecule has 2 fully saturated rings. The zero-order chi connectivity index (χ0) is 87.3. The molecule has 0 spiro atoms. The highest BCUT2D eigenvalue weighted by atomic mass is 16.6. The molecule has 2 aliphatic rings. The average Bonchev–Trinajstić information content (AvgIpc) is 0.868. The van der Waals surface area contributed by atoms with Crippen LogP contribution in [0.1, 0.15) is 22.3 Å². The lowest BCUT2D eigenvalue weighted by atomic mass is 10.1. The molecule has 0 radical (unpaired) electrons. The molecule has 2 aliphatic heterocycles. The third-order valence-corrected chi connectivity index (χ3v) is 20.2. The molecular weight excluding hydrogens is 1590 g/mol. The molecule has 6 rings (SSSR count). The van der Waals surface area contributed by atoms with Crippen LogP contribution < -0.4 is 0 Å². The third-order valence-electron chi connectivity index (χ3n) is 20.2. The maximum atomic E-state index is 12.8. The lowest BCUT2D eigenvalue weighted by molar-refractivity contribution is -0.140. The van der Waals surface area contributed by atoms with Crippen molar-refractivity contribution in [2.45, 2.75) is 50.7 Å². The second-order valence-corrected chi connectivity index (χ2v) is 30.1. The predicted octanol–water partition coefficient (Wildman–Crippen LogP) is 1.00. The van der Waals surface area contributed by atoms with E-state index in [1.165, 1.54) is 0 Å². The van der Waals surface area contributed by atoms with Gasteiger partial charge in [-0.25, -0.2) is 0 Å². The third kappa shape index (κ3) is 51.2. The van der Waals surface area contributed by atoms with E-state index >= 15 is 0 Å². The Morgan fingerprint density at radius 2 is 0.426 bits per heavy atom. The highest BCUT2D eigenvalue weighted by Crippen LogP contribution is 2.15. The molecule has 0 aliphatic carbocycles. The van der Waals surface area contributed by atoms with Gasteiger partial charge in [-0.3, -0.25) is 77.8 Å². The first-order chi connectivity index (χ1) is 59.3. The van der Waals surface area contributed by atoms with E-state index in [4.69, 9.17) is 56.8 Å². The minimum Gasteiger partial charge on any atom is -0.480 e. The first kappa shape index (κ1) is 104. The van der Waals surface area contributed by atoms with Gasteiger partial charge in [0.25, 0.3) is 0 Å². The van der Waals surface area contributed by atoms with Crippen molar-refractivity contribution in [1.82, 2.24) is 49.0 Å². The van der Waals surface area contributed by atoms with Crippen LogP contribution in [0.4, 0.5) is 0 Å². The molecule has 0 aromatic heterocycles. The molecule has 2 unspecified atom stereocenters. The Morgan fingerprint density at radius 3 is 0.615 bits per heavy atom. The molecule has 686 valence electrons. The molecule has 0 bridgehead atoms. The molecule has 122 heavy (non-hydrogen) atoms. The molecule has 2 saturated heterocycles. The number of aliphatic hydroxyl groups excluding tert-OH is 2. The summed E-state index contributed by atoms with van der Waals surface area (Å²) in [5.41, 5.74) is 4.10. The Morgan fingerprint density at radius 1 is 0.254 bits per heavy atom. The molecule has 36 nitrogen and oxygen atoms in total. The van der Waals surface area contributed by atoms with Gasteiger partial charge in [0.15, 0.2) is 0 Å². The molecule has 0 amide bonds. The van der Waals surface area contributed by atoms with Crippen LogP contribution in [-0.4, -0.2) is 465 Å². The number of aliphatic carboxylic acids is 6. The van der Waals surface area contributed by atoms with Crippen LogP contribution in [0.5, 0.6) is 0 Å². The largest absolute Gasteiger partial charge is 0.480 e. The molecule has 2 heterocycles. The zero-order valence-corrected chi connectivity index (χ0v) is 71.0. The van der Waals surface area contributed by atoms with Crippen molar-refractivity contribution >= 4 is 35.8 Å². The lowest BCUT2D eigenvalue weighted by Crippen LogP contribution is -2.55. The molecule has 2 atom stereocenters. The van der Waals surface area contributed by atoms with Gasteiger partial charge < -0.3 is 97.7 Å². The summed E-state index contributed by atoms with van der Waals surface area (Å²) in [6.45, 7) is 7.48. The van der Waals surface area contributed by atoms with Crippen LogP contribution in [0.15, 0.2) is 121 Å². The van der Waals surface area contributed by atoms with Crippen LogP contribution in [0.3, 0.4) is 0 Å².